The van der Waals surface area contributed by atoms with Crippen molar-refractivity contribution in [1.82, 2.24) is 9.78 Å². The van der Waals surface area contributed by atoms with Gasteiger partial charge in [-0.3, -0.25) is 0 Å². The van der Waals surface area contributed by atoms with E-state index in [9.17, 15) is 5.26 Å². The molecule has 3 aromatic rings. The Morgan fingerprint density at radius 3 is 2.45 bits per heavy atom. The minimum absolute atomic E-state index is 0.356. The SMILES string of the molecule is Cc1ccccc1-n1nc(-c2ccc(Br)cc2)c(C#N)c1N. The number of hydrogen-bond donors (Lipinski definition) is 1. The summed E-state index contributed by atoms with van der Waals surface area (Å²) in [7, 11) is 0. The number of nitrogen functional groups attached to an aromatic ring is 1. The summed E-state index contributed by atoms with van der Waals surface area (Å²) in [6.07, 6.45) is 0. The lowest BCUT2D eigenvalue weighted by atomic mass is 10.1. The number of aryl methyl sites for hydroxylation is 1. The molecule has 0 aliphatic heterocycles. The number of nitrogens with two attached hydrogens (primary N) is 1. The second-order valence-corrected chi connectivity index (χ2v) is 5.84. The fourth-order valence-electron chi connectivity index (χ4n) is 2.34. The van der Waals surface area contributed by atoms with E-state index in [1.165, 1.54) is 0 Å². The molecule has 4 nitrogen and oxygen atoms in total. The van der Waals surface area contributed by atoms with Gasteiger partial charge in [-0.25, -0.2) is 4.68 Å². The van der Waals surface area contributed by atoms with Crippen molar-refractivity contribution in [3.63, 3.8) is 0 Å². The van der Waals surface area contributed by atoms with Crippen LogP contribution in [0.15, 0.2) is 53.0 Å². The second kappa shape index (κ2) is 5.66. The van der Waals surface area contributed by atoms with Crippen LogP contribution in [-0.4, -0.2) is 9.78 Å². The lowest BCUT2D eigenvalue weighted by Crippen LogP contribution is -2.04. The highest BCUT2D eigenvalue weighted by Crippen LogP contribution is 2.30. The zero-order valence-electron chi connectivity index (χ0n) is 11.9. The molecule has 0 unspecified atom stereocenters. The fraction of sp³-hybridized carbons (Fsp3) is 0.0588. The van der Waals surface area contributed by atoms with Crippen LogP contribution in [0.5, 0.6) is 0 Å². The molecule has 0 atom stereocenters. The predicted octanol–water partition coefficient (Wildman–Crippen LogP) is 4.06. The van der Waals surface area contributed by atoms with Crippen LogP contribution in [0.3, 0.4) is 0 Å². The van der Waals surface area contributed by atoms with E-state index in [1.54, 1.807) is 4.68 Å². The van der Waals surface area contributed by atoms with Gasteiger partial charge in [-0.1, -0.05) is 46.3 Å². The van der Waals surface area contributed by atoms with Crippen LogP contribution in [0.2, 0.25) is 0 Å². The van der Waals surface area contributed by atoms with Crippen molar-refractivity contribution in [3.05, 3.63) is 64.1 Å². The van der Waals surface area contributed by atoms with Crippen LogP contribution in [0, 0.1) is 18.3 Å². The molecule has 0 aliphatic carbocycles. The molecule has 0 bridgehead atoms. The summed E-state index contributed by atoms with van der Waals surface area (Å²) in [6, 6.07) is 17.6. The smallest absolute Gasteiger partial charge is 0.145 e. The molecule has 3 rings (SSSR count). The van der Waals surface area contributed by atoms with Crippen LogP contribution in [0.25, 0.3) is 16.9 Å². The summed E-state index contributed by atoms with van der Waals surface area (Å²) in [5, 5.41) is 14.0. The number of benzene rings is 2. The van der Waals surface area contributed by atoms with Gasteiger partial charge in [0.1, 0.15) is 23.1 Å². The lowest BCUT2D eigenvalue weighted by molar-refractivity contribution is 0.887. The van der Waals surface area contributed by atoms with E-state index in [1.807, 2.05) is 55.5 Å². The van der Waals surface area contributed by atoms with Crippen molar-refractivity contribution in [2.75, 3.05) is 5.73 Å². The third-order valence-corrected chi connectivity index (χ3v) is 4.02. The number of halogens is 1. The number of nitrogens with zero attached hydrogens (tertiary/aromatic N) is 3. The van der Waals surface area contributed by atoms with Crippen molar-refractivity contribution < 1.29 is 0 Å². The first-order valence-electron chi connectivity index (χ1n) is 6.72. The van der Waals surface area contributed by atoms with E-state index in [4.69, 9.17) is 5.73 Å². The molecule has 2 aromatic carbocycles. The first-order chi connectivity index (χ1) is 10.6. The van der Waals surface area contributed by atoms with Crippen LogP contribution < -0.4 is 5.73 Å². The maximum absolute atomic E-state index is 9.45. The summed E-state index contributed by atoms with van der Waals surface area (Å²) in [5.74, 6) is 0.356. The number of aromatic nitrogens is 2. The lowest BCUT2D eigenvalue weighted by Gasteiger charge is -2.06. The first-order valence-corrected chi connectivity index (χ1v) is 7.51. The maximum atomic E-state index is 9.45. The average Bonchev–Trinajstić information content (AvgIpc) is 2.85. The highest BCUT2D eigenvalue weighted by atomic mass is 79.9. The van der Waals surface area contributed by atoms with Crippen LogP contribution in [-0.2, 0) is 0 Å². The largest absolute Gasteiger partial charge is 0.382 e. The summed E-state index contributed by atoms with van der Waals surface area (Å²) >= 11 is 3.40. The van der Waals surface area contributed by atoms with Gasteiger partial charge >= 0.3 is 0 Å². The van der Waals surface area contributed by atoms with Gasteiger partial charge in [0.25, 0.3) is 0 Å². The molecular weight excluding hydrogens is 340 g/mol. The molecule has 0 spiro atoms. The van der Waals surface area contributed by atoms with Crippen molar-refractivity contribution >= 4 is 21.7 Å². The fourth-order valence-corrected chi connectivity index (χ4v) is 2.60. The van der Waals surface area contributed by atoms with E-state index in [-0.39, 0.29) is 0 Å². The van der Waals surface area contributed by atoms with E-state index in [2.05, 4.69) is 27.1 Å². The standard InChI is InChI=1S/C17H13BrN4/c1-11-4-2-3-5-15(11)22-17(20)14(10-19)16(21-22)12-6-8-13(18)9-7-12/h2-9H,20H2,1H3. The number of hydrogen-bond acceptors (Lipinski definition) is 3. The zero-order valence-corrected chi connectivity index (χ0v) is 13.5. The summed E-state index contributed by atoms with van der Waals surface area (Å²) in [5.41, 5.74) is 9.92. The van der Waals surface area contributed by atoms with E-state index < -0.39 is 0 Å². The minimum Gasteiger partial charge on any atom is -0.382 e. The molecule has 1 aromatic heterocycles. The van der Waals surface area contributed by atoms with Gasteiger partial charge in [0, 0.05) is 10.0 Å². The average molecular weight is 353 g/mol. The zero-order chi connectivity index (χ0) is 15.7. The molecule has 1 heterocycles. The molecule has 0 amide bonds. The summed E-state index contributed by atoms with van der Waals surface area (Å²) < 4.78 is 2.60. The molecule has 0 radical (unpaired) electrons. The van der Waals surface area contributed by atoms with Crippen molar-refractivity contribution in [1.29, 1.82) is 5.26 Å². The normalized spacial score (nSPS) is 10.4. The number of nitriles is 1. The molecule has 108 valence electrons. The maximum Gasteiger partial charge on any atom is 0.145 e. The highest BCUT2D eigenvalue weighted by molar-refractivity contribution is 9.10. The predicted molar refractivity (Wildman–Crippen MR) is 90.6 cm³/mol. The second-order valence-electron chi connectivity index (χ2n) is 4.93. The molecule has 0 saturated carbocycles. The van der Waals surface area contributed by atoms with Crippen molar-refractivity contribution in [2.45, 2.75) is 6.92 Å². The monoisotopic (exact) mass is 352 g/mol. The van der Waals surface area contributed by atoms with Gasteiger partial charge in [-0.15, -0.1) is 0 Å². The Morgan fingerprint density at radius 1 is 1.14 bits per heavy atom. The summed E-state index contributed by atoms with van der Waals surface area (Å²) in [4.78, 5) is 0. The topological polar surface area (TPSA) is 67.6 Å². The molecule has 22 heavy (non-hydrogen) atoms. The third-order valence-electron chi connectivity index (χ3n) is 3.49. The van der Waals surface area contributed by atoms with E-state index in [0.29, 0.717) is 17.1 Å². The molecule has 5 heteroatoms. The molecule has 0 fully saturated rings. The van der Waals surface area contributed by atoms with Crippen molar-refractivity contribution in [3.8, 4) is 23.0 Å². The van der Waals surface area contributed by atoms with Crippen LogP contribution in [0.4, 0.5) is 5.82 Å². The van der Waals surface area contributed by atoms with Gasteiger partial charge in [-0.2, -0.15) is 10.4 Å². The first kappa shape index (κ1) is 14.4. The Bertz CT molecular complexity index is 873. The van der Waals surface area contributed by atoms with Crippen molar-refractivity contribution in [2.24, 2.45) is 0 Å². The summed E-state index contributed by atoms with van der Waals surface area (Å²) in [6.45, 7) is 1.99. The molecule has 0 saturated heterocycles. The Hall–Kier alpha value is -2.58. The highest BCUT2D eigenvalue weighted by Gasteiger charge is 2.18. The number of anilines is 1. The van der Waals surface area contributed by atoms with Gasteiger partial charge in [-0.05, 0) is 30.7 Å². The Kier molecular flexibility index (Phi) is 3.70. The number of para-hydroxylation sites is 1. The van der Waals surface area contributed by atoms with Gasteiger partial charge < -0.3 is 5.73 Å². The Balaban J connectivity index is 2.22. The van der Waals surface area contributed by atoms with Crippen LogP contribution >= 0.6 is 15.9 Å². The molecular formula is C17H13BrN4. The Labute approximate surface area is 136 Å². The third kappa shape index (κ3) is 2.38. The van der Waals surface area contributed by atoms with Gasteiger partial charge in [0.2, 0.25) is 0 Å². The number of rotatable bonds is 2. The molecule has 0 aliphatic rings. The van der Waals surface area contributed by atoms with E-state index in [0.717, 1.165) is 21.3 Å². The van der Waals surface area contributed by atoms with Gasteiger partial charge in [0.15, 0.2) is 0 Å². The minimum atomic E-state index is 0.356. The molecule has 2 N–H and O–H groups in total. The Morgan fingerprint density at radius 2 is 1.82 bits per heavy atom. The van der Waals surface area contributed by atoms with Crippen LogP contribution in [0.1, 0.15) is 11.1 Å². The quantitative estimate of drug-likeness (QED) is 0.755. The van der Waals surface area contributed by atoms with Gasteiger partial charge in [0.05, 0.1) is 5.69 Å². The van der Waals surface area contributed by atoms with E-state index >= 15 is 0 Å².